The summed E-state index contributed by atoms with van der Waals surface area (Å²) in [7, 11) is 0. The van der Waals surface area contributed by atoms with Crippen molar-refractivity contribution in [2.45, 2.75) is 6.92 Å². The van der Waals surface area contributed by atoms with Gasteiger partial charge in [-0.1, -0.05) is 24.3 Å². The first-order valence-electron chi connectivity index (χ1n) is 7.00. The second-order valence-electron chi connectivity index (χ2n) is 4.96. The quantitative estimate of drug-likeness (QED) is 0.584. The Morgan fingerprint density at radius 3 is 2.21 bits per heavy atom. The zero-order valence-corrected chi connectivity index (χ0v) is 12.8. The van der Waals surface area contributed by atoms with E-state index in [9.17, 15) is 19.2 Å². The summed E-state index contributed by atoms with van der Waals surface area (Å²) in [6.45, 7) is 1.40. The molecule has 7 heteroatoms. The third kappa shape index (κ3) is 4.04. The summed E-state index contributed by atoms with van der Waals surface area (Å²) in [5, 5.41) is 4.72. The maximum Gasteiger partial charge on any atom is 0.314 e. The number of ketones is 1. The minimum atomic E-state index is -0.961. The van der Waals surface area contributed by atoms with Gasteiger partial charge in [0.1, 0.15) is 0 Å². The molecule has 3 amide bonds. The molecule has 0 aromatic heterocycles. The molecule has 0 unspecified atom stereocenters. The Labute approximate surface area is 137 Å². The van der Waals surface area contributed by atoms with Gasteiger partial charge in [-0.3, -0.25) is 19.2 Å². The molecule has 4 N–H and O–H groups in total. The minimum Gasteiger partial charge on any atom is -0.366 e. The van der Waals surface area contributed by atoms with Gasteiger partial charge in [0.2, 0.25) is 0 Å². The summed E-state index contributed by atoms with van der Waals surface area (Å²) in [6.07, 6.45) is 0. The van der Waals surface area contributed by atoms with Gasteiger partial charge in [0.15, 0.2) is 5.78 Å². The lowest BCUT2D eigenvalue weighted by Crippen LogP contribution is -2.30. The Morgan fingerprint density at radius 2 is 1.54 bits per heavy atom. The summed E-state index contributed by atoms with van der Waals surface area (Å²) < 4.78 is 0. The van der Waals surface area contributed by atoms with Gasteiger partial charge in [0, 0.05) is 11.3 Å². The van der Waals surface area contributed by atoms with E-state index in [0.29, 0.717) is 11.3 Å². The molecule has 2 aromatic rings. The molecule has 0 atom stereocenters. The topological polar surface area (TPSA) is 118 Å². The number of hydrogen-bond acceptors (Lipinski definition) is 4. The predicted molar refractivity (Wildman–Crippen MR) is 88.7 cm³/mol. The normalized spacial score (nSPS) is 9.88. The highest BCUT2D eigenvalue weighted by Gasteiger charge is 2.17. The van der Waals surface area contributed by atoms with Crippen LogP contribution in [-0.2, 0) is 9.59 Å². The summed E-state index contributed by atoms with van der Waals surface area (Å²) in [5.41, 5.74) is 6.17. The van der Waals surface area contributed by atoms with E-state index in [-0.39, 0.29) is 17.0 Å². The van der Waals surface area contributed by atoms with Crippen LogP contribution in [0.3, 0.4) is 0 Å². The number of carbonyl (C=O) groups is 4. The highest BCUT2D eigenvalue weighted by Crippen LogP contribution is 2.15. The fraction of sp³-hybridized carbons (Fsp3) is 0.0588. The molecule has 0 saturated carbocycles. The number of benzene rings is 2. The van der Waals surface area contributed by atoms with Crippen molar-refractivity contribution in [1.29, 1.82) is 0 Å². The van der Waals surface area contributed by atoms with Crippen molar-refractivity contribution in [2.24, 2.45) is 5.73 Å². The fourth-order valence-electron chi connectivity index (χ4n) is 1.99. The number of rotatable bonds is 4. The van der Waals surface area contributed by atoms with Crippen LogP contribution in [0.5, 0.6) is 0 Å². The van der Waals surface area contributed by atoms with Crippen LogP contribution in [0.25, 0.3) is 0 Å². The van der Waals surface area contributed by atoms with Crippen LogP contribution in [-0.4, -0.2) is 23.5 Å². The van der Waals surface area contributed by atoms with Gasteiger partial charge >= 0.3 is 11.8 Å². The highest BCUT2D eigenvalue weighted by atomic mass is 16.2. The van der Waals surface area contributed by atoms with Crippen molar-refractivity contribution >= 4 is 34.9 Å². The number of amides is 3. The lowest BCUT2D eigenvalue weighted by molar-refractivity contribution is -0.133. The fourth-order valence-corrected chi connectivity index (χ4v) is 1.99. The van der Waals surface area contributed by atoms with Gasteiger partial charge in [-0.2, -0.15) is 0 Å². The molecule has 0 bridgehead atoms. The molecule has 2 rings (SSSR count). The van der Waals surface area contributed by atoms with Crippen molar-refractivity contribution in [3.63, 3.8) is 0 Å². The van der Waals surface area contributed by atoms with E-state index in [1.54, 1.807) is 30.3 Å². The van der Waals surface area contributed by atoms with Crippen molar-refractivity contribution < 1.29 is 19.2 Å². The average Bonchev–Trinajstić information content (AvgIpc) is 2.55. The number of nitrogens with one attached hydrogen (secondary N) is 2. The molecule has 7 nitrogen and oxygen atoms in total. The van der Waals surface area contributed by atoms with Crippen molar-refractivity contribution in [3.05, 3.63) is 59.7 Å². The van der Waals surface area contributed by atoms with Crippen LogP contribution in [0.15, 0.2) is 48.5 Å². The highest BCUT2D eigenvalue weighted by molar-refractivity contribution is 6.44. The molecule has 0 fully saturated rings. The molecule has 0 aliphatic heterocycles. The molecule has 0 aliphatic rings. The number of para-hydroxylation sites is 1. The van der Waals surface area contributed by atoms with Crippen molar-refractivity contribution in [3.8, 4) is 0 Å². The Kier molecular flexibility index (Phi) is 5.06. The Morgan fingerprint density at radius 1 is 0.875 bits per heavy atom. The second kappa shape index (κ2) is 7.19. The van der Waals surface area contributed by atoms with Crippen LogP contribution >= 0.6 is 0 Å². The molecule has 2 aromatic carbocycles. The molecule has 0 spiro atoms. The van der Waals surface area contributed by atoms with E-state index >= 15 is 0 Å². The van der Waals surface area contributed by atoms with Crippen LogP contribution in [0.4, 0.5) is 11.4 Å². The van der Waals surface area contributed by atoms with Crippen molar-refractivity contribution in [2.75, 3.05) is 10.6 Å². The molecule has 0 saturated heterocycles. The lowest BCUT2D eigenvalue weighted by Gasteiger charge is -2.09. The molecule has 0 heterocycles. The first-order chi connectivity index (χ1) is 11.4. The maximum absolute atomic E-state index is 12.0. The van der Waals surface area contributed by atoms with Crippen LogP contribution in [0.2, 0.25) is 0 Å². The monoisotopic (exact) mass is 325 g/mol. The Balaban J connectivity index is 2.11. The van der Waals surface area contributed by atoms with E-state index < -0.39 is 17.7 Å². The third-order valence-electron chi connectivity index (χ3n) is 3.17. The second-order valence-corrected chi connectivity index (χ2v) is 4.96. The zero-order valence-electron chi connectivity index (χ0n) is 12.8. The van der Waals surface area contributed by atoms with Crippen molar-refractivity contribution in [1.82, 2.24) is 0 Å². The Bertz CT molecular complexity index is 830. The molecular formula is C17H15N3O4. The number of anilines is 2. The molecule has 122 valence electrons. The molecular weight excluding hydrogens is 310 g/mol. The van der Waals surface area contributed by atoms with Crippen LogP contribution in [0, 0.1) is 0 Å². The first kappa shape index (κ1) is 16.9. The van der Waals surface area contributed by atoms with E-state index in [2.05, 4.69) is 10.6 Å². The minimum absolute atomic E-state index is 0.0947. The number of carbonyl (C=O) groups excluding carboxylic acids is 4. The largest absolute Gasteiger partial charge is 0.366 e. The van der Waals surface area contributed by atoms with Gasteiger partial charge in [-0.05, 0) is 31.2 Å². The number of hydrogen-bond donors (Lipinski definition) is 3. The lowest BCUT2D eigenvalue weighted by atomic mass is 10.1. The predicted octanol–water partition coefficient (Wildman–Crippen LogP) is 1.57. The van der Waals surface area contributed by atoms with Gasteiger partial charge < -0.3 is 16.4 Å². The number of nitrogens with two attached hydrogens (primary N) is 1. The average molecular weight is 325 g/mol. The zero-order chi connectivity index (χ0) is 17.7. The maximum atomic E-state index is 12.0. The summed E-state index contributed by atoms with van der Waals surface area (Å²) in [6, 6.07) is 12.3. The number of Topliss-reactive ketones (excluding diaryl/α,β-unsaturated/α-hetero) is 1. The first-order valence-corrected chi connectivity index (χ1v) is 7.00. The van der Waals surface area contributed by atoms with Gasteiger partial charge in [0.05, 0.1) is 11.3 Å². The standard InChI is InChI=1S/C17H15N3O4/c1-10(21)11-5-4-6-12(9-11)19-16(23)17(24)20-14-8-3-2-7-13(14)15(18)22/h2-9H,1H3,(H2,18,22)(H,19,23)(H,20,24). The molecule has 0 radical (unpaired) electrons. The summed E-state index contributed by atoms with van der Waals surface area (Å²) in [4.78, 5) is 46.6. The van der Waals surface area contributed by atoms with Gasteiger partial charge in [0.25, 0.3) is 5.91 Å². The third-order valence-corrected chi connectivity index (χ3v) is 3.17. The van der Waals surface area contributed by atoms with Gasteiger partial charge in [-0.25, -0.2) is 0 Å². The van der Waals surface area contributed by atoms with Gasteiger partial charge in [-0.15, -0.1) is 0 Å². The Hall–Kier alpha value is -3.48. The van der Waals surface area contributed by atoms with Crippen LogP contribution < -0.4 is 16.4 Å². The summed E-state index contributed by atoms with van der Waals surface area (Å²) in [5.74, 6) is -2.78. The van der Waals surface area contributed by atoms with E-state index in [1.165, 1.54) is 25.1 Å². The number of primary amides is 1. The van der Waals surface area contributed by atoms with E-state index in [4.69, 9.17) is 5.73 Å². The van der Waals surface area contributed by atoms with Crippen LogP contribution in [0.1, 0.15) is 27.6 Å². The smallest absolute Gasteiger partial charge is 0.314 e. The van der Waals surface area contributed by atoms with E-state index in [1.807, 2.05) is 0 Å². The van der Waals surface area contributed by atoms with E-state index in [0.717, 1.165) is 0 Å². The molecule has 24 heavy (non-hydrogen) atoms. The SMILES string of the molecule is CC(=O)c1cccc(NC(=O)C(=O)Nc2ccccc2C(N)=O)c1. The molecule has 0 aliphatic carbocycles. The summed E-state index contributed by atoms with van der Waals surface area (Å²) >= 11 is 0.